The number of nitrogens with two attached hydrogens (primary N) is 1. The van der Waals surface area contributed by atoms with Gasteiger partial charge in [0, 0.05) is 28.9 Å². The minimum atomic E-state index is 0.425. The van der Waals surface area contributed by atoms with Gasteiger partial charge in [-0.2, -0.15) is 0 Å². The number of hydrogen-bond acceptors (Lipinski definition) is 3. The van der Waals surface area contributed by atoms with Crippen LogP contribution in [0.5, 0.6) is 0 Å². The Labute approximate surface area is 130 Å². The molecule has 3 heteroatoms. The summed E-state index contributed by atoms with van der Waals surface area (Å²) in [7, 11) is 0. The van der Waals surface area contributed by atoms with E-state index in [4.69, 9.17) is 5.73 Å². The summed E-state index contributed by atoms with van der Waals surface area (Å²) >= 11 is 1.80. The van der Waals surface area contributed by atoms with E-state index in [2.05, 4.69) is 52.5 Å². The number of aryl methyl sites for hydroxylation is 1. The number of benzene rings is 1. The van der Waals surface area contributed by atoms with Gasteiger partial charge in [-0.1, -0.05) is 36.1 Å². The second kappa shape index (κ2) is 6.91. The van der Waals surface area contributed by atoms with Gasteiger partial charge in [-0.3, -0.25) is 4.90 Å². The maximum atomic E-state index is 5.42. The number of rotatable bonds is 2. The van der Waals surface area contributed by atoms with E-state index in [1.54, 1.807) is 11.3 Å². The first kappa shape index (κ1) is 14.3. The van der Waals surface area contributed by atoms with Crippen LogP contribution in [0, 0.1) is 11.8 Å². The molecule has 0 bridgehead atoms. The lowest BCUT2D eigenvalue weighted by atomic mass is 10.0. The lowest BCUT2D eigenvalue weighted by Crippen LogP contribution is -2.22. The van der Waals surface area contributed by atoms with Crippen LogP contribution in [0.1, 0.15) is 28.0 Å². The molecule has 0 saturated carbocycles. The maximum absolute atomic E-state index is 5.42. The third-order valence-corrected chi connectivity index (χ3v) is 4.72. The molecule has 0 amide bonds. The quantitative estimate of drug-likeness (QED) is 0.863. The van der Waals surface area contributed by atoms with Gasteiger partial charge in [0.1, 0.15) is 0 Å². The highest BCUT2D eigenvalue weighted by Gasteiger charge is 2.14. The Morgan fingerprint density at radius 2 is 2.10 bits per heavy atom. The first-order valence-corrected chi connectivity index (χ1v) is 8.28. The standard InChI is InChI=1S/C18H20N2S/c19-9-3-5-15-11-18(21-14-15)13-20-10-4-8-16-6-1-2-7-17(16)12-20/h1-2,6-7,11,14H,4,8-10,12-13,19H2. The highest BCUT2D eigenvalue weighted by molar-refractivity contribution is 7.10. The van der Waals surface area contributed by atoms with Gasteiger partial charge < -0.3 is 5.73 Å². The van der Waals surface area contributed by atoms with Gasteiger partial charge in [0.2, 0.25) is 0 Å². The molecule has 1 aliphatic heterocycles. The van der Waals surface area contributed by atoms with Crippen LogP contribution >= 0.6 is 11.3 Å². The molecule has 0 spiro atoms. The molecule has 0 unspecified atom stereocenters. The summed E-state index contributed by atoms with van der Waals surface area (Å²) in [5.41, 5.74) is 9.51. The van der Waals surface area contributed by atoms with Crippen molar-refractivity contribution in [2.24, 2.45) is 5.73 Å². The zero-order valence-electron chi connectivity index (χ0n) is 12.1. The first-order chi connectivity index (χ1) is 10.3. The van der Waals surface area contributed by atoms with Crippen LogP contribution in [-0.2, 0) is 19.5 Å². The van der Waals surface area contributed by atoms with E-state index in [1.165, 1.54) is 28.8 Å². The molecule has 0 saturated heterocycles. The Morgan fingerprint density at radius 1 is 1.24 bits per heavy atom. The average Bonchev–Trinajstić information content (AvgIpc) is 2.83. The smallest absolute Gasteiger partial charge is 0.0555 e. The van der Waals surface area contributed by atoms with Crippen molar-refractivity contribution in [1.82, 2.24) is 4.90 Å². The topological polar surface area (TPSA) is 29.3 Å². The lowest BCUT2D eigenvalue weighted by molar-refractivity contribution is 0.263. The van der Waals surface area contributed by atoms with E-state index >= 15 is 0 Å². The molecule has 0 radical (unpaired) electrons. The fraction of sp³-hybridized carbons (Fsp3) is 0.333. The fourth-order valence-electron chi connectivity index (χ4n) is 2.81. The molecule has 2 aromatic rings. The van der Waals surface area contributed by atoms with Crippen molar-refractivity contribution in [1.29, 1.82) is 0 Å². The zero-order valence-corrected chi connectivity index (χ0v) is 13.0. The van der Waals surface area contributed by atoms with Gasteiger partial charge in [0.25, 0.3) is 0 Å². The van der Waals surface area contributed by atoms with E-state index in [9.17, 15) is 0 Å². The molecule has 1 aromatic heterocycles. The Bertz CT molecular complexity index is 663. The number of nitrogens with zero attached hydrogens (tertiary/aromatic N) is 1. The fourth-order valence-corrected chi connectivity index (χ4v) is 3.66. The van der Waals surface area contributed by atoms with Crippen molar-refractivity contribution >= 4 is 11.3 Å². The molecule has 0 aliphatic carbocycles. The Kier molecular flexibility index (Phi) is 4.72. The van der Waals surface area contributed by atoms with Crippen LogP contribution in [0.15, 0.2) is 35.7 Å². The molecule has 21 heavy (non-hydrogen) atoms. The highest BCUT2D eigenvalue weighted by Crippen LogP contribution is 2.22. The lowest BCUT2D eigenvalue weighted by Gasteiger charge is -2.19. The SMILES string of the molecule is NCC#Cc1csc(CN2CCCc3ccccc3C2)c1. The molecule has 3 rings (SSSR count). The normalized spacial score (nSPS) is 14.9. The largest absolute Gasteiger partial charge is 0.320 e. The molecule has 1 aliphatic rings. The second-order valence-corrected chi connectivity index (χ2v) is 6.39. The number of thiophene rings is 1. The molecule has 0 fully saturated rings. The van der Waals surface area contributed by atoms with E-state index in [1.807, 2.05) is 0 Å². The van der Waals surface area contributed by atoms with Gasteiger partial charge in [0.15, 0.2) is 0 Å². The van der Waals surface area contributed by atoms with E-state index < -0.39 is 0 Å². The Morgan fingerprint density at radius 3 is 2.95 bits per heavy atom. The van der Waals surface area contributed by atoms with Crippen molar-refractivity contribution in [2.75, 3.05) is 13.1 Å². The summed E-state index contributed by atoms with van der Waals surface area (Å²) in [6, 6.07) is 11.0. The molecule has 108 valence electrons. The molecule has 2 nitrogen and oxygen atoms in total. The molecule has 2 N–H and O–H groups in total. The van der Waals surface area contributed by atoms with Crippen molar-refractivity contribution in [3.63, 3.8) is 0 Å². The minimum Gasteiger partial charge on any atom is -0.320 e. The van der Waals surface area contributed by atoms with Crippen LogP contribution in [0.25, 0.3) is 0 Å². The number of hydrogen-bond donors (Lipinski definition) is 1. The predicted octanol–water partition coefficient (Wildman–Crippen LogP) is 3.01. The average molecular weight is 296 g/mol. The van der Waals surface area contributed by atoms with Gasteiger partial charge in [0.05, 0.1) is 6.54 Å². The summed E-state index contributed by atoms with van der Waals surface area (Å²) in [5.74, 6) is 6.02. The first-order valence-electron chi connectivity index (χ1n) is 7.40. The number of fused-ring (bicyclic) bond motifs is 1. The van der Waals surface area contributed by atoms with Gasteiger partial charge in [-0.05, 0) is 36.6 Å². The van der Waals surface area contributed by atoms with Crippen LogP contribution in [0.4, 0.5) is 0 Å². The molecule has 1 aromatic carbocycles. The summed E-state index contributed by atoms with van der Waals surface area (Å²) in [6.45, 7) is 3.66. The van der Waals surface area contributed by atoms with Crippen LogP contribution < -0.4 is 5.73 Å². The minimum absolute atomic E-state index is 0.425. The second-order valence-electron chi connectivity index (χ2n) is 5.39. The van der Waals surface area contributed by atoms with Crippen LogP contribution in [-0.4, -0.2) is 18.0 Å². The highest BCUT2D eigenvalue weighted by atomic mass is 32.1. The van der Waals surface area contributed by atoms with Crippen molar-refractivity contribution in [3.8, 4) is 11.8 Å². The van der Waals surface area contributed by atoms with Crippen LogP contribution in [0.2, 0.25) is 0 Å². The van der Waals surface area contributed by atoms with Gasteiger partial charge in [-0.25, -0.2) is 0 Å². The monoisotopic (exact) mass is 296 g/mol. The van der Waals surface area contributed by atoms with E-state index in [-0.39, 0.29) is 0 Å². The summed E-state index contributed by atoms with van der Waals surface area (Å²) < 4.78 is 0. The molecule has 0 atom stereocenters. The third kappa shape index (κ3) is 3.74. The maximum Gasteiger partial charge on any atom is 0.0555 e. The molecular formula is C18H20N2S. The third-order valence-electron chi connectivity index (χ3n) is 3.80. The van der Waals surface area contributed by atoms with E-state index in [0.717, 1.165) is 25.2 Å². The Balaban J connectivity index is 1.69. The predicted molar refractivity (Wildman–Crippen MR) is 89.1 cm³/mol. The zero-order chi connectivity index (χ0) is 14.5. The van der Waals surface area contributed by atoms with Crippen molar-refractivity contribution in [3.05, 3.63) is 57.3 Å². The van der Waals surface area contributed by atoms with Crippen molar-refractivity contribution < 1.29 is 0 Å². The molecular weight excluding hydrogens is 276 g/mol. The molecule has 2 heterocycles. The summed E-state index contributed by atoms with van der Waals surface area (Å²) in [6.07, 6.45) is 2.44. The van der Waals surface area contributed by atoms with E-state index in [0.29, 0.717) is 6.54 Å². The van der Waals surface area contributed by atoms with Crippen LogP contribution in [0.3, 0.4) is 0 Å². The Hall–Kier alpha value is -1.60. The summed E-state index contributed by atoms with van der Waals surface area (Å²) in [5, 5.41) is 2.13. The van der Waals surface area contributed by atoms with Crippen molar-refractivity contribution in [2.45, 2.75) is 25.9 Å². The summed E-state index contributed by atoms with van der Waals surface area (Å²) in [4.78, 5) is 3.92. The van der Waals surface area contributed by atoms with Gasteiger partial charge >= 0.3 is 0 Å². The van der Waals surface area contributed by atoms with Gasteiger partial charge in [-0.15, -0.1) is 11.3 Å².